The van der Waals surface area contributed by atoms with E-state index in [2.05, 4.69) is 5.32 Å². The number of hydrogen-bond donors (Lipinski definition) is 1. The van der Waals surface area contributed by atoms with Crippen LogP contribution in [0.3, 0.4) is 0 Å². The van der Waals surface area contributed by atoms with E-state index < -0.39 is 0 Å². The smallest absolute Gasteiger partial charge is 0.251 e. The zero-order valence-electron chi connectivity index (χ0n) is 9.02. The van der Waals surface area contributed by atoms with Crippen LogP contribution < -0.4 is 5.32 Å². The maximum absolute atomic E-state index is 11.9. The highest BCUT2D eigenvalue weighted by molar-refractivity contribution is 6.31. The number of carbonyl (C=O) groups excluding carboxylic acids is 1. The van der Waals surface area contributed by atoms with Gasteiger partial charge in [-0.25, -0.2) is 0 Å². The number of alkyl halides is 1. The second-order valence-electron chi connectivity index (χ2n) is 4.39. The quantitative estimate of drug-likeness (QED) is 0.829. The Morgan fingerprint density at radius 1 is 1.44 bits per heavy atom. The second kappa shape index (κ2) is 4.27. The molecule has 0 aliphatic heterocycles. The molecule has 0 radical (unpaired) electrons. The van der Waals surface area contributed by atoms with Gasteiger partial charge in [0.25, 0.3) is 5.91 Å². The van der Waals surface area contributed by atoms with Crippen LogP contribution in [0.2, 0.25) is 5.02 Å². The van der Waals surface area contributed by atoms with E-state index in [0.29, 0.717) is 16.5 Å². The fourth-order valence-electron chi connectivity index (χ4n) is 1.62. The highest BCUT2D eigenvalue weighted by atomic mass is 35.5. The van der Waals surface area contributed by atoms with Crippen LogP contribution in [-0.4, -0.2) is 17.3 Å². The lowest BCUT2D eigenvalue weighted by atomic mass is 10.1. The van der Waals surface area contributed by atoms with Gasteiger partial charge in [0.2, 0.25) is 0 Å². The van der Waals surface area contributed by atoms with Crippen LogP contribution in [0.25, 0.3) is 0 Å². The molecule has 2 rings (SSSR count). The van der Waals surface area contributed by atoms with Gasteiger partial charge in [-0.15, -0.1) is 11.6 Å². The summed E-state index contributed by atoms with van der Waals surface area (Å²) in [6.07, 6.45) is 1.92. The van der Waals surface area contributed by atoms with Gasteiger partial charge in [0.15, 0.2) is 0 Å². The van der Waals surface area contributed by atoms with Crippen molar-refractivity contribution in [1.82, 2.24) is 5.32 Å². The Kier molecular flexibility index (Phi) is 3.13. The maximum atomic E-state index is 11.9. The molecule has 0 unspecified atom stereocenters. The SMILES string of the molecule is Cc1cc(Cl)cc(C(=O)NC2(CCl)CC2)c1. The molecule has 0 saturated heterocycles. The van der Waals surface area contributed by atoms with E-state index in [1.807, 2.05) is 19.1 Å². The number of nitrogens with one attached hydrogen (secondary N) is 1. The molecule has 16 heavy (non-hydrogen) atoms. The summed E-state index contributed by atoms with van der Waals surface area (Å²) >= 11 is 11.7. The number of aryl methyl sites for hydroxylation is 1. The summed E-state index contributed by atoms with van der Waals surface area (Å²) in [4.78, 5) is 11.9. The van der Waals surface area contributed by atoms with E-state index in [9.17, 15) is 4.79 Å². The van der Waals surface area contributed by atoms with Crippen molar-refractivity contribution in [2.24, 2.45) is 0 Å². The van der Waals surface area contributed by atoms with Crippen molar-refractivity contribution in [2.45, 2.75) is 25.3 Å². The van der Waals surface area contributed by atoms with Crippen molar-refractivity contribution in [3.05, 3.63) is 34.3 Å². The first kappa shape index (κ1) is 11.7. The molecule has 2 nitrogen and oxygen atoms in total. The molecule has 1 aliphatic rings. The van der Waals surface area contributed by atoms with Crippen LogP contribution in [0.15, 0.2) is 18.2 Å². The first-order chi connectivity index (χ1) is 7.54. The third-order valence-corrected chi connectivity index (χ3v) is 3.52. The van der Waals surface area contributed by atoms with Crippen molar-refractivity contribution in [1.29, 1.82) is 0 Å². The van der Waals surface area contributed by atoms with Crippen LogP contribution in [0, 0.1) is 6.92 Å². The van der Waals surface area contributed by atoms with Crippen LogP contribution in [-0.2, 0) is 0 Å². The standard InChI is InChI=1S/C12H13Cl2NO/c1-8-4-9(6-10(14)5-8)11(16)15-12(7-13)2-3-12/h4-6H,2-3,7H2,1H3,(H,15,16). The van der Waals surface area contributed by atoms with Gasteiger partial charge in [-0.05, 0) is 43.5 Å². The molecular weight excluding hydrogens is 245 g/mol. The zero-order valence-corrected chi connectivity index (χ0v) is 10.5. The normalized spacial score (nSPS) is 16.9. The first-order valence-corrected chi connectivity index (χ1v) is 6.12. The van der Waals surface area contributed by atoms with Gasteiger partial charge < -0.3 is 5.32 Å². The Morgan fingerprint density at radius 3 is 2.62 bits per heavy atom. The Bertz CT molecular complexity index is 407. The third kappa shape index (κ3) is 2.50. The zero-order chi connectivity index (χ0) is 11.8. The highest BCUT2D eigenvalue weighted by Crippen LogP contribution is 2.36. The van der Waals surface area contributed by atoms with Gasteiger partial charge in [0, 0.05) is 16.5 Å². The number of rotatable bonds is 3. The van der Waals surface area contributed by atoms with Gasteiger partial charge in [-0.2, -0.15) is 0 Å². The van der Waals surface area contributed by atoms with E-state index in [-0.39, 0.29) is 11.4 Å². The number of amides is 1. The summed E-state index contributed by atoms with van der Waals surface area (Å²) in [6, 6.07) is 5.33. The van der Waals surface area contributed by atoms with E-state index in [4.69, 9.17) is 23.2 Å². The largest absolute Gasteiger partial charge is 0.345 e. The Hall–Kier alpha value is -0.730. The van der Waals surface area contributed by atoms with Crippen LogP contribution in [0.4, 0.5) is 0 Å². The van der Waals surface area contributed by atoms with Crippen molar-refractivity contribution < 1.29 is 4.79 Å². The lowest BCUT2D eigenvalue weighted by Crippen LogP contribution is -2.38. The molecule has 1 saturated carbocycles. The van der Waals surface area contributed by atoms with E-state index in [1.165, 1.54) is 0 Å². The van der Waals surface area contributed by atoms with Gasteiger partial charge in [0.1, 0.15) is 0 Å². The van der Waals surface area contributed by atoms with Crippen molar-refractivity contribution >= 4 is 29.1 Å². The van der Waals surface area contributed by atoms with Crippen LogP contribution in [0.5, 0.6) is 0 Å². The molecule has 1 aromatic rings. The highest BCUT2D eigenvalue weighted by Gasteiger charge is 2.43. The fourth-order valence-corrected chi connectivity index (χ4v) is 2.25. The minimum atomic E-state index is -0.172. The summed E-state index contributed by atoms with van der Waals surface area (Å²) in [5.74, 6) is 0.377. The predicted octanol–water partition coefficient (Wildman–Crippen LogP) is 3.15. The summed E-state index contributed by atoms with van der Waals surface area (Å²) < 4.78 is 0. The first-order valence-electron chi connectivity index (χ1n) is 5.20. The molecule has 1 amide bonds. The molecule has 0 bridgehead atoms. The molecule has 1 aliphatic carbocycles. The molecule has 1 fully saturated rings. The average molecular weight is 258 g/mol. The van der Waals surface area contributed by atoms with Crippen LogP contribution >= 0.6 is 23.2 Å². The van der Waals surface area contributed by atoms with E-state index in [0.717, 1.165) is 18.4 Å². The number of carbonyl (C=O) groups is 1. The third-order valence-electron chi connectivity index (χ3n) is 2.79. The van der Waals surface area contributed by atoms with Crippen molar-refractivity contribution in [3.8, 4) is 0 Å². The Balaban J connectivity index is 2.14. The topological polar surface area (TPSA) is 29.1 Å². The summed E-state index contributed by atoms with van der Waals surface area (Å²) in [5.41, 5.74) is 1.41. The number of hydrogen-bond acceptors (Lipinski definition) is 1. The maximum Gasteiger partial charge on any atom is 0.251 e. The van der Waals surface area contributed by atoms with Crippen molar-refractivity contribution in [3.63, 3.8) is 0 Å². The van der Waals surface area contributed by atoms with Gasteiger partial charge >= 0.3 is 0 Å². The van der Waals surface area contributed by atoms with E-state index in [1.54, 1.807) is 6.07 Å². The summed E-state index contributed by atoms with van der Waals surface area (Å²) in [6.45, 7) is 1.91. The fraction of sp³-hybridized carbons (Fsp3) is 0.417. The second-order valence-corrected chi connectivity index (χ2v) is 5.09. The Morgan fingerprint density at radius 2 is 2.12 bits per heavy atom. The monoisotopic (exact) mass is 257 g/mol. The minimum Gasteiger partial charge on any atom is -0.345 e. The van der Waals surface area contributed by atoms with Gasteiger partial charge in [-0.3, -0.25) is 4.79 Å². The molecular formula is C12H13Cl2NO. The lowest BCUT2D eigenvalue weighted by molar-refractivity contribution is 0.0936. The molecule has 86 valence electrons. The predicted molar refractivity (Wildman–Crippen MR) is 66.3 cm³/mol. The molecule has 4 heteroatoms. The summed E-state index contributed by atoms with van der Waals surface area (Å²) in [7, 11) is 0. The van der Waals surface area contributed by atoms with Gasteiger partial charge in [-0.1, -0.05) is 11.6 Å². The molecule has 0 aromatic heterocycles. The molecule has 0 atom stereocenters. The van der Waals surface area contributed by atoms with Crippen LogP contribution in [0.1, 0.15) is 28.8 Å². The van der Waals surface area contributed by atoms with Gasteiger partial charge in [0.05, 0.1) is 5.54 Å². The minimum absolute atomic E-state index is 0.0937. The number of halogens is 2. The lowest BCUT2D eigenvalue weighted by Gasteiger charge is -2.14. The number of benzene rings is 1. The van der Waals surface area contributed by atoms with Crippen molar-refractivity contribution in [2.75, 3.05) is 5.88 Å². The molecule has 1 N–H and O–H groups in total. The molecule has 1 aromatic carbocycles. The summed E-state index contributed by atoms with van der Waals surface area (Å²) in [5, 5.41) is 3.54. The average Bonchev–Trinajstić information content (AvgIpc) is 2.97. The Labute approximate surface area is 105 Å². The van der Waals surface area contributed by atoms with E-state index >= 15 is 0 Å². The molecule has 0 heterocycles. The molecule has 0 spiro atoms.